The highest BCUT2D eigenvalue weighted by Gasteiger charge is 2.18. The molecule has 0 spiro atoms. The van der Waals surface area contributed by atoms with Gasteiger partial charge in [-0.05, 0) is 35.4 Å². The summed E-state index contributed by atoms with van der Waals surface area (Å²) in [5, 5.41) is 4.73. The zero-order valence-corrected chi connectivity index (χ0v) is 13.6. The summed E-state index contributed by atoms with van der Waals surface area (Å²) in [5.74, 6) is -2.75. The van der Waals surface area contributed by atoms with Gasteiger partial charge in [-0.3, -0.25) is 4.79 Å². The molecule has 0 aliphatic carbocycles. The van der Waals surface area contributed by atoms with Crippen LogP contribution in [0.3, 0.4) is 0 Å². The Kier molecular flexibility index (Phi) is 4.49. The Hall–Kier alpha value is -2.46. The number of amides is 1. The zero-order chi connectivity index (χ0) is 17.3. The van der Waals surface area contributed by atoms with Gasteiger partial charge in [-0.2, -0.15) is 0 Å². The van der Waals surface area contributed by atoms with Crippen molar-refractivity contribution < 1.29 is 13.6 Å². The lowest BCUT2D eigenvalue weighted by Crippen LogP contribution is -2.27. The normalized spacial score (nSPS) is 12.2. The molecule has 0 fully saturated rings. The minimum atomic E-state index is -1.11. The van der Waals surface area contributed by atoms with Crippen molar-refractivity contribution >= 4 is 28.3 Å². The van der Waals surface area contributed by atoms with Crippen LogP contribution in [-0.4, -0.2) is 5.91 Å². The quantitative estimate of drug-likeness (QED) is 0.644. The Labute approximate surface area is 143 Å². The molecule has 3 aromatic rings. The smallest absolute Gasteiger partial charge is 0.253 e. The third-order valence-corrected chi connectivity index (χ3v) is 4.20. The lowest BCUT2D eigenvalue weighted by molar-refractivity contribution is 0.0939. The van der Waals surface area contributed by atoms with Gasteiger partial charge in [0.05, 0.1) is 16.6 Å². The molecule has 0 saturated heterocycles. The maximum Gasteiger partial charge on any atom is 0.253 e. The fourth-order valence-electron chi connectivity index (χ4n) is 2.68. The van der Waals surface area contributed by atoms with Crippen LogP contribution in [0.5, 0.6) is 0 Å². The topological polar surface area (TPSA) is 29.1 Å². The van der Waals surface area contributed by atoms with Crippen LogP contribution in [-0.2, 0) is 0 Å². The Bertz CT molecular complexity index is 921. The summed E-state index contributed by atoms with van der Waals surface area (Å²) in [7, 11) is 0. The van der Waals surface area contributed by atoms with Gasteiger partial charge in [0.1, 0.15) is 0 Å². The van der Waals surface area contributed by atoms with Crippen molar-refractivity contribution in [3.63, 3.8) is 0 Å². The van der Waals surface area contributed by atoms with Gasteiger partial charge in [-0.25, -0.2) is 8.78 Å². The van der Waals surface area contributed by atoms with E-state index < -0.39 is 17.5 Å². The lowest BCUT2D eigenvalue weighted by Gasteiger charge is -2.17. The minimum Gasteiger partial charge on any atom is -0.345 e. The summed E-state index contributed by atoms with van der Waals surface area (Å²) in [6, 6.07) is 14.9. The highest BCUT2D eigenvalue weighted by atomic mass is 35.5. The molecule has 1 amide bonds. The van der Waals surface area contributed by atoms with Crippen LogP contribution in [0.2, 0.25) is 5.02 Å². The van der Waals surface area contributed by atoms with Gasteiger partial charge < -0.3 is 5.32 Å². The van der Waals surface area contributed by atoms with E-state index in [0.717, 1.165) is 28.5 Å². The Morgan fingerprint density at radius 3 is 2.50 bits per heavy atom. The summed E-state index contributed by atoms with van der Waals surface area (Å²) in [4.78, 5) is 12.4. The minimum absolute atomic E-state index is 0.0948. The second-order valence-corrected chi connectivity index (χ2v) is 5.92. The highest BCUT2D eigenvalue weighted by molar-refractivity contribution is 6.33. The van der Waals surface area contributed by atoms with Crippen molar-refractivity contribution in [3.8, 4) is 0 Å². The average molecular weight is 346 g/mol. The second-order valence-electron chi connectivity index (χ2n) is 5.51. The van der Waals surface area contributed by atoms with Crippen LogP contribution in [0.25, 0.3) is 10.8 Å². The largest absolute Gasteiger partial charge is 0.345 e. The molecule has 5 heteroatoms. The van der Waals surface area contributed by atoms with Gasteiger partial charge in [-0.15, -0.1) is 0 Å². The third-order valence-electron chi connectivity index (χ3n) is 3.89. The van der Waals surface area contributed by atoms with Gasteiger partial charge >= 0.3 is 0 Å². The number of carbonyl (C=O) groups excluding carboxylic acids is 1. The molecular formula is C19H14ClF2NO. The SMILES string of the molecule is C[C@@H](NC(=O)c1cc(F)c(F)cc1Cl)c1cccc2ccccc12. The van der Waals surface area contributed by atoms with Crippen LogP contribution in [0.1, 0.15) is 28.9 Å². The number of hydrogen-bond donors (Lipinski definition) is 1. The van der Waals surface area contributed by atoms with Crippen molar-refractivity contribution in [1.29, 1.82) is 0 Å². The number of halogens is 3. The van der Waals surface area contributed by atoms with Crippen molar-refractivity contribution in [2.24, 2.45) is 0 Å². The molecular weight excluding hydrogens is 332 g/mol. The fourth-order valence-corrected chi connectivity index (χ4v) is 2.91. The molecule has 0 bridgehead atoms. The van der Waals surface area contributed by atoms with Crippen LogP contribution in [0.4, 0.5) is 8.78 Å². The predicted octanol–water partition coefficient (Wildman–Crippen LogP) is 5.26. The van der Waals surface area contributed by atoms with E-state index in [9.17, 15) is 13.6 Å². The van der Waals surface area contributed by atoms with E-state index in [4.69, 9.17) is 11.6 Å². The van der Waals surface area contributed by atoms with Crippen LogP contribution in [0.15, 0.2) is 54.6 Å². The maximum atomic E-state index is 13.4. The molecule has 3 rings (SSSR count). The highest BCUT2D eigenvalue weighted by Crippen LogP contribution is 2.25. The van der Waals surface area contributed by atoms with Gasteiger partial charge in [-0.1, -0.05) is 54.1 Å². The summed E-state index contributed by atoms with van der Waals surface area (Å²) >= 11 is 5.85. The summed E-state index contributed by atoms with van der Waals surface area (Å²) in [6.45, 7) is 1.83. The van der Waals surface area contributed by atoms with Crippen molar-refractivity contribution in [2.75, 3.05) is 0 Å². The van der Waals surface area contributed by atoms with Crippen molar-refractivity contribution in [1.82, 2.24) is 5.32 Å². The summed E-state index contributed by atoms with van der Waals surface area (Å²) < 4.78 is 26.5. The van der Waals surface area contributed by atoms with E-state index in [-0.39, 0.29) is 16.6 Å². The van der Waals surface area contributed by atoms with Gasteiger partial charge in [0.25, 0.3) is 5.91 Å². The Balaban J connectivity index is 1.90. The summed E-state index contributed by atoms with van der Waals surface area (Å²) in [5.41, 5.74) is 0.836. The van der Waals surface area contributed by atoms with E-state index in [1.54, 1.807) is 0 Å². The van der Waals surface area contributed by atoms with Gasteiger partial charge in [0.15, 0.2) is 11.6 Å². The molecule has 0 aliphatic rings. The standard InChI is InChI=1S/C19H14ClF2NO/c1-11(13-8-4-6-12-5-2-3-7-14(12)13)23-19(24)15-9-17(21)18(22)10-16(15)20/h2-11H,1H3,(H,23,24)/t11-/m1/s1. The van der Waals surface area contributed by atoms with Gasteiger partial charge in [0, 0.05) is 0 Å². The molecule has 24 heavy (non-hydrogen) atoms. The first-order valence-corrected chi connectivity index (χ1v) is 7.78. The van der Waals surface area contributed by atoms with E-state index in [1.165, 1.54) is 0 Å². The van der Waals surface area contributed by atoms with E-state index >= 15 is 0 Å². The molecule has 0 heterocycles. The van der Waals surface area contributed by atoms with Crippen LogP contribution < -0.4 is 5.32 Å². The number of hydrogen-bond acceptors (Lipinski definition) is 1. The average Bonchev–Trinajstić information content (AvgIpc) is 2.57. The fraction of sp³-hybridized carbons (Fsp3) is 0.105. The predicted molar refractivity (Wildman–Crippen MR) is 91.2 cm³/mol. The number of benzene rings is 3. The first-order valence-electron chi connectivity index (χ1n) is 7.40. The first-order chi connectivity index (χ1) is 11.5. The Morgan fingerprint density at radius 1 is 1.04 bits per heavy atom. The van der Waals surface area contributed by atoms with Crippen molar-refractivity contribution in [2.45, 2.75) is 13.0 Å². The second kappa shape index (κ2) is 6.57. The zero-order valence-electron chi connectivity index (χ0n) is 12.8. The number of fused-ring (bicyclic) bond motifs is 1. The van der Waals surface area contributed by atoms with E-state index in [0.29, 0.717) is 0 Å². The van der Waals surface area contributed by atoms with Crippen LogP contribution >= 0.6 is 11.6 Å². The van der Waals surface area contributed by atoms with Gasteiger partial charge in [0.2, 0.25) is 0 Å². The molecule has 0 radical (unpaired) electrons. The molecule has 0 aliphatic heterocycles. The first kappa shape index (κ1) is 16.4. The number of nitrogens with one attached hydrogen (secondary N) is 1. The molecule has 0 unspecified atom stereocenters. The third kappa shape index (κ3) is 3.10. The molecule has 0 aromatic heterocycles. The maximum absolute atomic E-state index is 13.4. The number of rotatable bonds is 3. The number of carbonyl (C=O) groups is 1. The molecule has 1 atom stereocenters. The van der Waals surface area contributed by atoms with E-state index in [2.05, 4.69) is 5.32 Å². The molecule has 2 nitrogen and oxygen atoms in total. The Morgan fingerprint density at radius 2 is 1.71 bits per heavy atom. The van der Waals surface area contributed by atoms with Crippen molar-refractivity contribution in [3.05, 3.63) is 82.4 Å². The summed E-state index contributed by atoms with van der Waals surface area (Å²) in [6.07, 6.45) is 0. The van der Waals surface area contributed by atoms with E-state index in [1.807, 2.05) is 49.4 Å². The molecule has 1 N–H and O–H groups in total. The molecule has 122 valence electrons. The molecule has 0 saturated carbocycles. The molecule has 3 aromatic carbocycles. The monoisotopic (exact) mass is 345 g/mol. The van der Waals surface area contributed by atoms with Crippen LogP contribution in [0, 0.1) is 11.6 Å². The lowest BCUT2D eigenvalue weighted by atomic mass is 9.99.